The first-order valence-corrected chi connectivity index (χ1v) is 18.1. The van der Waals surface area contributed by atoms with Crippen LogP contribution in [-0.2, 0) is 6.04 Å². The van der Waals surface area contributed by atoms with E-state index in [1.165, 1.54) is 5.56 Å². The van der Waals surface area contributed by atoms with Gasteiger partial charge in [-0.1, -0.05) is 35.9 Å². The second kappa shape index (κ2) is 6.31. The highest BCUT2D eigenvalue weighted by Crippen LogP contribution is 2.28. The maximum Gasteiger partial charge on any atom is 0.321 e. The molecule has 1 rings (SSSR count). The molecule has 0 amide bonds. The van der Waals surface area contributed by atoms with E-state index in [9.17, 15) is 0 Å². The van der Waals surface area contributed by atoms with Crippen LogP contribution >= 0.6 is 55.4 Å². The molecule has 1 atom stereocenters. The van der Waals surface area contributed by atoms with E-state index in [-0.39, 0.29) is 0 Å². The fraction of sp³-hybridized carbons (Fsp3) is 0.143. The maximum absolute atomic E-state index is 6.04. The Morgan fingerprint density at radius 1 is 1.00 bits per heavy atom. The molecular formula is C7H9Cl5Si3. The standard InChI is InChI=1S/C7H9Cl5Si3/c8-14(9)13(15(10,11)12)6-7-4-2-1-3-5-7/h1-5,13-14H,6H2. The van der Waals surface area contributed by atoms with Crippen LogP contribution in [0.1, 0.15) is 5.56 Å². The average molecular weight is 355 g/mol. The fourth-order valence-corrected chi connectivity index (χ4v) is 43.4. The van der Waals surface area contributed by atoms with Crippen molar-refractivity contribution in [3.05, 3.63) is 35.9 Å². The zero-order valence-electron chi connectivity index (χ0n) is 7.64. The lowest BCUT2D eigenvalue weighted by atomic mass is 10.2. The van der Waals surface area contributed by atoms with Crippen molar-refractivity contribution < 1.29 is 0 Å². The van der Waals surface area contributed by atoms with Crippen molar-refractivity contribution in [1.29, 1.82) is 0 Å². The Morgan fingerprint density at radius 3 is 1.93 bits per heavy atom. The molecule has 0 fully saturated rings. The normalized spacial score (nSPS) is 14.3. The van der Waals surface area contributed by atoms with Crippen molar-refractivity contribution in [3.63, 3.8) is 0 Å². The molecule has 1 unspecified atom stereocenters. The van der Waals surface area contributed by atoms with Crippen molar-refractivity contribution in [2.75, 3.05) is 0 Å². The van der Waals surface area contributed by atoms with Crippen molar-refractivity contribution in [3.8, 4) is 0 Å². The zero-order valence-corrected chi connectivity index (χ0v) is 14.7. The van der Waals surface area contributed by atoms with Crippen molar-refractivity contribution in [2.45, 2.75) is 6.04 Å². The Bertz CT molecular complexity index is 299. The van der Waals surface area contributed by atoms with Gasteiger partial charge >= 0.3 is 5.52 Å². The molecule has 1 aromatic rings. The highest BCUT2D eigenvalue weighted by molar-refractivity contribution is 7.98. The van der Waals surface area contributed by atoms with Gasteiger partial charge in [0.2, 0.25) is 6.93 Å². The van der Waals surface area contributed by atoms with E-state index in [4.69, 9.17) is 55.4 Å². The first-order valence-electron chi connectivity index (χ1n) is 4.30. The molecule has 0 saturated heterocycles. The molecule has 0 saturated carbocycles. The van der Waals surface area contributed by atoms with Crippen LogP contribution in [0.5, 0.6) is 0 Å². The number of benzene rings is 1. The summed E-state index contributed by atoms with van der Waals surface area (Å²) in [7, 11) is -1.62. The molecule has 0 heterocycles. The molecule has 8 heteroatoms. The van der Waals surface area contributed by atoms with E-state index in [1.807, 2.05) is 30.3 Å². The minimum atomic E-state index is -2.68. The third-order valence-corrected chi connectivity index (χ3v) is 40.1. The minimum absolute atomic E-state index is 0.799. The zero-order chi connectivity index (χ0) is 11.5. The number of hydrogen-bond acceptors (Lipinski definition) is 0. The molecular weight excluding hydrogens is 346 g/mol. The molecule has 84 valence electrons. The molecule has 0 bridgehead atoms. The molecule has 0 nitrogen and oxygen atoms in total. The fourth-order valence-electron chi connectivity index (χ4n) is 1.22. The highest BCUT2D eigenvalue weighted by Gasteiger charge is 2.43. The van der Waals surface area contributed by atoms with Crippen molar-refractivity contribution in [1.82, 2.24) is 0 Å². The van der Waals surface area contributed by atoms with Crippen LogP contribution in [0, 0.1) is 0 Å². The molecule has 0 spiro atoms. The Hall–Kier alpha value is 1.32. The lowest BCUT2D eigenvalue weighted by Gasteiger charge is -2.20. The summed E-state index contributed by atoms with van der Waals surface area (Å²) in [4.78, 5) is 0. The smallest absolute Gasteiger partial charge is 0.155 e. The molecule has 0 aliphatic rings. The summed E-state index contributed by atoms with van der Waals surface area (Å²) >= 11 is 30.2. The van der Waals surface area contributed by atoms with Crippen LogP contribution < -0.4 is 0 Å². The van der Waals surface area contributed by atoms with Gasteiger partial charge in [-0.15, -0.1) is 33.2 Å². The molecule has 1 aromatic carbocycles. The van der Waals surface area contributed by atoms with Gasteiger partial charge in [0.1, 0.15) is 7.83 Å². The molecule has 0 radical (unpaired) electrons. The molecule has 0 aromatic heterocycles. The summed E-state index contributed by atoms with van der Waals surface area (Å²) in [6.07, 6.45) is 0. The summed E-state index contributed by atoms with van der Waals surface area (Å²) in [6, 6.07) is 10.8. The molecule has 0 aliphatic carbocycles. The second-order valence-corrected chi connectivity index (χ2v) is 34.2. The molecule has 0 aliphatic heterocycles. The van der Waals surface area contributed by atoms with Gasteiger partial charge < -0.3 is 0 Å². The number of rotatable bonds is 4. The summed E-state index contributed by atoms with van der Waals surface area (Å²) in [6.45, 7) is -1.83. The van der Waals surface area contributed by atoms with Gasteiger partial charge in [0.15, 0.2) is 0 Å². The van der Waals surface area contributed by atoms with Crippen molar-refractivity contribution >= 4 is 75.7 Å². The maximum atomic E-state index is 6.04. The summed E-state index contributed by atoms with van der Waals surface area (Å²) < 4.78 is 0. The van der Waals surface area contributed by atoms with E-state index in [1.54, 1.807) is 0 Å². The van der Waals surface area contributed by atoms with Crippen LogP contribution in [0.2, 0.25) is 0 Å². The minimum Gasteiger partial charge on any atom is -0.155 e. The van der Waals surface area contributed by atoms with Crippen LogP contribution in [0.4, 0.5) is 0 Å². The van der Waals surface area contributed by atoms with E-state index >= 15 is 0 Å². The topological polar surface area (TPSA) is 0 Å². The van der Waals surface area contributed by atoms with Gasteiger partial charge in [-0.25, -0.2) is 0 Å². The third-order valence-electron chi connectivity index (χ3n) is 2.02. The van der Waals surface area contributed by atoms with E-state index in [2.05, 4.69) is 0 Å². The monoisotopic (exact) mass is 352 g/mol. The summed E-state index contributed by atoms with van der Waals surface area (Å²) in [5.41, 5.74) is -1.51. The first-order chi connectivity index (χ1) is 6.91. The second-order valence-electron chi connectivity index (χ2n) is 3.17. The Kier molecular flexibility index (Phi) is 6.05. The molecule has 15 heavy (non-hydrogen) atoms. The average Bonchev–Trinajstić information content (AvgIpc) is 2.13. The SMILES string of the molecule is Cl[SiH](Cl)[SiH](Cc1ccccc1)[Si](Cl)(Cl)Cl. The van der Waals surface area contributed by atoms with Crippen molar-refractivity contribution in [2.24, 2.45) is 0 Å². The van der Waals surface area contributed by atoms with Crippen LogP contribution in [0.25, 0.3) is 0 Å². The van der Waals surface area contributed by atoms with E-state index < -0.39 is 20.3 Å². The lowest BCUT2D eigenvalue weighted by Crippen LogP contribution is -2.47. The van der Waals surface area contributed by atoms with Gasteiger partial charge in [0.05, 0.1) is 0 Å². The van der Waals surface area contributed by atoms with Gasteiger partial charge in [-0.3, -0.25) is 0 Å². The first kappa shape index (κ1) is 14.4. The van der Waals surface area contributed by atoms with Gasteiger partial charge in [-0.2, -0.15) is 22.2 Å². The van der Waals surface area contributed by atoms with E-state index in [0.717, 1.165) is 6.04 Å². The predicted octanol–water partition coefficient (Wildman–Crippen LogP) is 3.51. The van der Waals surface area contributed by atoms with Gasteiger partial charge in [0.25, 0.3) is 0 Å². The Labute approximate surface area is 117 Å². The molecule has 0 N–H and O–H groups in total. The third kappa shape index (κ3) is 5.00. The van der Waals surface area contributed by atoms with E-state index in [0.29, 0.717) is 0 Å². The highest BCUT2D eigenvalue weighted by atomic mass is 35.8. The Balaban J connectivity index is 2.77. The predicted molar refractivity (Wildman–Crippen MR) is 79.5 cm³/mol. The number of hydrogen-bond donors (Lipinski definition) is 0. The Morgan fingerprint density at radius 2 is 1.53 bits per heavy atom. The number of halogens is 5. The lowest BCUT2D eigenvalue weighted by molar-refractivity contribution is 1.39. The van der Waals surface area contributed by atoms with Crippen LogP contribution in [-0.4, -0.2) is 20.3 Å². The summed E-state index contributed by atoms with van der Waals surface area (Å²) in [5, 5.41) is 0. The largest absolute Gasteiger partial charge is 0.321 e. The van der Waals surface area contributed by atoms with Gasteiger partial charge in [-0.05, 0) is 6.04 Å². The van der Waals surface area contributed by atoms with Crippen LogP contribution in [0.3, 0.4) is 0 Å². The quantitative estimate of drug-likeness (QED) is 0.573. The summed E-state index contributed by atoms with van der Waals surface area (Å²) in [5.74, 6) is 0. The van der Waals surface area contributed by atoms with Gasteiger partial charge in [0, 0.05) is 0 Å². The van der Waals surface area contributed by atoms with Crippen LogP contribution in [0.15, 0.2) is 30.3 Å².